The van der Waals surface area contributed by atoms with Gasteiger partial charge in [0.25, 0.3) is 5.91 Å². The van der Waals surface area contributed by atoms with Gasteiger partial charge in [0.1, 0.15) is 11.3 Å². The molecule has 142 valence electrons. The Morgan fingerprint density at radius 3 is 2.46 bits per heavy atom. The van der Waals surface area contributed by atoms with Crippen LogP contribution in [0.1, 0.15) is 27.4 Å². The lowest BCUT2D eigenvalue weighted by Crippen LogP contribution is -2.30. The minimum Gasteiger partial charge on any atom is -0.467 e. The van der Waals surface area contributed by atoms with Crippen LogP contribution in [0, 0.1) is 6.92 Å². The van der Waals surface area contributed by atoms with Crippen LogP contribution < -0.4 is 0 Å². The Morgan fingerprint density at radius 1 is 1.00 bits per heavy atom. The second-order valence-corrected chi connectivity index (χ2v) is 7.44. The van der Waals surface area contributed by atoms with E-state index in [2.05, 4.69) is 0 Å². The summed E-state index contributed by atoms with van der Waals surface area (Å²) < 4.78 is 11.3. The Kier molecular flexibility index (Phi) is 5.16. The molecule has 0 saturated heterocycles. The molecule has 1 amide bonds. The van der Waals surface area contributed by atoms with Crippen molar-refractivity contribution in [3.05, 3.63) is 93.6 Å². The fraction of sp³-hybridized carbons (Fsp3) is 0.136. The normalized spacial score (nSPS) is 11.1. The van der Waals surface area contributed by atoms with Gasteiger partial charge in [-0.2, -0.15) is 0 Å². The lowest BCUT2D eigenvalue weighted by molar-refractivity contribution is 0.0686. The number of fused-ring (bicyclic) bond motifs is 1. The zero-order valence-corrected chi connectivity index (χ0v) is 16.6. The summed E-state index contributed by atoms with van der Waals surface area (Å²) in [5.74, 6) is 0.785. The van der Waals surface area contributed by atoms with Crippen molar-refractivity contribution >= 4 is 40.1 Å². The average molecular weight is 414 g/mol. The minimum atomic E-state index is -0.212. The van der Waals surface area contributed by atoms with Crippen molar-refractivity contribution in [2.75, 3.05) is 0 Å². The van der Waals surface area contributed by atoms with Crippen LogP contribution in [0.5, 0.6) is 0 Å². The summed E-state index contributed by atoms with van der Waals surface area (Å²) in [5, 5.41) is 2.09. The molecule has 28 heavy (non-hydrogen) atoms. The number of furan rings is 2. The quantitative estimate of drug-likeness (QED) is 0.375. The van der Waals surface area contributed by atoms with E-state index in [0.717, 1.165) is 16.5 Å². The Balaban J connectivity index is 1.69. The molecule has 0 aliphatic carbocycles. The number of benzene rings is 2. The molecule has 4 rings (SSSR count). The number of halogens is 2. The first-order valence-electron chi connectivity index (χ1n) is 8.76. The molecule has 0 aliphatic rings. The van der Waals surface area contributed by atoms with Gasteiger partial charge in [-0.1, -0.05) is 35.3 Å². The van der Waals surface area contributed by atoms with Crippen molar-refractivity contribution in [2.24, 2.45) is 0 Å². The van der Waals surface area contributed by atoms with E-state index in [1.807, 2.05) is 31.2 Å². The number of nitrogens with zero attached hydrogens (tertiary/aromatic N) is 1. The van der Waals surface area contributed by atoms with Crippen LogP contribution in [0.2, 0.25) is 10.0 Å². The van der Waals surface area contributed by atoms with Crippen LogP contribution in [0.3, 0.4) is 0 Å². The molecule has 0 saturated carbocycles. The second-order valence-electron chi connectivity index (χ2n) is 6.56. The van der Waals surface area contributed by atoms with E-state index in [1.165, 1.54) is 0 Å². The van der Waals surface area contributed by atoms with Gasteiger partial charge in [-0.05, 0) is 55.0 Å². The summed E-state index contributed by atoms with van der Waals surface area (Å²) in [5.41, 5.74) is 2.36. The van der Waals surface area contributed by atoms with Crippen molar-refractivity contribution in [2.45, 2.75) is 20.0 Å². The molecule has 0 bridgehead atoms. The van der Waals surface area contributed by atoms with Gasteiger partial charge in [0.15, 0.2) is 5.76 Å². The van der Waals surface area contributed by atoms with E-state index in [0.29, 0.717) is 40.2 Å². The number of aryl methyl sites for hydroxylation is 1. The van der Waals surface area contributed by atoms with Crippen molar-refractivity contribution in [3.8, 4) is 0 Å². The standard InChI is InChI=1S/C22H17Cl2NO3/c1-14-19-11-17(24)8-9-20(19)28-21(14)22(26)25(13-18-3-2-10-27-18)12-15-4-6-16(23)7-5-15/h2-11H,12-13H2,1H3. The first-order chi connectivity index (χ1) is 13.5. The molecule has 4 nitrogen and oxygen atoms in total. The van der Waals surface area contributed by atoms with Crippen LogP contribution in [-0.2, 0) is 13.1 Å². The lowest BCUT2D eigenvalue weighted by Gasteiger charge is -2.21. The zero-order valence-electron chi connectivity index (χ0n) is 15.1. The van der Waals surface area contributed by atoms with E-state index in [1.54, 1.807) is 41.5 Å². The molecule has 4 aromatic rings. The Hall–Kier alpha value is -2.69. The summed E-state index contributed by atoms with van der Waals surface area (Å²) in [6, 6.07) is 16.4. The number of carbonyl (C=O) groups excluding carboxylic acids is 1. The molecule has 6 heteroatoms. The Bertz CT molecular complexity index is 1110. The lowest BCUT2D eigenvalue weighted by atomic mass is 10.1. The van der Waals surface area contributed by atoms with Gasteiger partial charge in [-0.15, -0.1) is 0 Å². The molecule has 0 fully saturated rings. The van der Waals surface area contributed by atoms with Gasteiger partial charge in [-0.25, -0.2) is 0 Å². The van der Waals surface area contributed by atoms with Crippen molar-refractivity contribution < 1.29 is 13.6 Å². The topological polar surface area (TPSA) is 46.6 Å². The maximum absolute atomic E-state index is 13.3. The van der Waals surface area contributed by atoms with Crippen LogP contribution in [0.15, 0.2) is 69.7 Å². The van der Waals surface area contributed by atoms with E-state index < -0.39 is 0 Å². The highest BCUT2D eigenvalue weighted by Crippen LogP contribution is 2.29. The molecule has 2 heterocycles. The molecule has 0 spiro atoms. The average Bonchev–Trinajstić information content (AvgIpc) is 3.31. The monoisotopic (exact) mass is 413 g/mol. The molecule has 2 aromatic heterocycles. The fourth-order valence-corrected chi connectivity index (χ4v) is 3.44. The van der Waals surface area contributed by atoms with E-state index >= 15 is 0 Å². The molecular weight excluding hydrogens is 397 g/mol. The number of rotatable bonds is 5. The van der Waals surface area contributed by atoms with Gasteiger partial charge in [0.05, 0.1) is 12.8 Å². The number of carbonyl (C=O) groups is 1. The summed E-state index contributed by atoms with van der Waals surface area (Å²) in [7, 11) is 0. The molecule has 2 aromatic carbocycles. The zero-order chi connectivity index (χ0) is 19.7. The third-order valence-electron chi connectivity index (χ3n) is 4.59. The predicted molar refractivity (Wildman–Crippen MR) is 110 cm³/mol. The van der Waals surface area contributed by atoms with E-state index in [4.69, 9.17) is 32.0 Å². The van der Waals surface area contributed by atoms with E-state index in [9.17, 15) is 4.79 Å². The maximum atomic E-state index is 13.3. The fourth-order valence-electron chi connectivity index (χ4n) is 3.14. The van der Waals surface area contributed by atoms with Crippen LogP contribution >= 0.6 is 23.2 Å². The summed E-state index contributed by atoms with van der Waals surface area (Å²) in [6.45, 7) is 2.59. The maximum Gasteiger partial charge on any atom is 0.290 e. The number of hydrogen-bond acceptors (Lipinski definition) is 3. The largest absolute Gasteiger partial charge is 0.467 e. The Labute approximate surface area is 172 Å². The first kappa shape index (κ1) is 18.7. The van der Waals surface area contributed by atoms with Crippen molar-refractivity contribution in [1.82, 2.24) is 4.90 Å². The van der Waals surface area contributed by atoms with Crippen molar-refractivity contribution in [1.29, 1.82) is 0 Å². The second kappa shape index (κ2) is 7.74. The molecule has 0 radical (unpaired) electrons. The molecule has 0 N–H and O–H groups in total. The minimum absolute atomic E-state index is 0.212. The van der Waals surface area contributed by atoms with Crippen LogP contribution in [0.25, 0.3) is 11.0 Å². The third-order valence-corrected chi connectivity index (χ3v) is 5.08. The summed E-state index contributed by atoms with van der Waals surface area (Å²) >= 11 is 12.1. The highest BCUT2D eigenvalue weighted by Gasteiger charge is 2.24. The highest BCUT2D eigenvalue weighted by molar-refractivity contribution is 6.31. The van der Waals surface area contributed by atoms with Crippen molar-refractivity contribution in [3.63, 3.8) is 0 Å². The van der Waals surface area contributed by atoms with Crippen LogP contribution in [0.4, 0.5) is 0 Å². The van der Waals surface area contributed by atoms with E-state index in [-0.39, 0.29) is 5.91 Å². The first-order valence-corrected chi connectivity index (χ1v) is 9.51. The molecule has 0 unspecified atom stereocenters. The molecule has 0 atom stereocenters. The predicted octanol–water partition coefficient (Wildman–Crippen LogP) is 6.48. The summed E-state index contributed by atoms with van der Waals surface area (Å²) in [4.78, 5) is 15.0. The van der Waals surface area contributed by atoms with Gasteiger partial charge in [0.2, 0.25) is 0 Å². The number of amides is 1. The highest BCUT2D eigenvalue weighted by atomic mass is 35.5. The smallest absolute Gasteiger partial charge is 0.290 e. The number of hydrogen-bond donors (Lipinski definition) is 0. The van der Waals surface area contributed by atoms with Gasteiger partial charge < -0.3 is 13.7 Å². The molecule has 0 aliphatic heterocycles. The van der Waals surface area contributed by atoms with Gasteiger partial charge >= 0.3 is 0 Å². The Morgan fingerprint density at radius 2 is 1.75 bits per heavy atom. The third kappa shape index (κ3) is 3.79. The van der Waals surface area contributed by atoms with Gasteiger partial charge in [0, 0.05) is 27.5 Å². The molecular formula is C22H17Cl2NO3. The van der Waals surface area contributed by atoms with Gasteiger partial charge in [-0.3, -0.25) is 4.79 Å². The SMILES string of the molecule is Cc1c(C(=O)N(Cc2ccc(Cl)cc2)Cc2ccco2)oc2ccc(Cl)cc12. The van der Waals surface area contributed by atoms with Crippen LogP contribution in [-0.4, -0.2) is 10.8 Å². The summed E-state index contributed by atoms with van der Waals surface area (Å²) in [6.07, 6.45) is 1.59.